The number of hydrogen-bond donors (Lipinski definition) is 4. The molecule has 0 aromatic heterocycles. The second-order valence-corrected chi connectivity index (χ2v) is 6.84. The molecule has 0 aromatic rings. The van der Waals surface area contributed by atoms with E-state index in [1.54, 1.807) is 0 Å². The van der Waals surface area contributed by atoms with Gasteiger partial charge in [0.05, 0.1) is 11.1 Å². The van der Waals surface area contributed by atoms with E-state index in [2.05, 4.69) is 41.5 Å². The summed E-state index contributed by atoms with van der Waals surface area (Å²) < 4.78 is 0. The van der Waals surface area contributed by atoms with E-state index in [9.17, 15) is 0 Å². The molecule has 2 unspecified atom stereocenters. The molecule has 0 spiro atoms. The Morgan fingerprint density at radius 1 is 0.765 bits per heavy atom. The Morgan fingerprint density at radius 2 is 1.12 bits per heavy atom. The van der Waals surface area contributed by atoms with Crippen LogP contribution in [0.3, 0.4) is 0 Å². The van der Waals surface area contributed by atoms with Crippen molar-refractivity contribution in [1.29, 1.82) is 0 Å². The van der Waals surface area contributed by atoms with E-state index >= 15 is 0 Å². The minimum atomic E-state index is -0.700. The van der Waals surface area contributed by atoms with Gasteiger partial charge in [0.2, 0.25) is 0 Å². The van der Waals surface area contributed by atoms with Crippen LogP contribution in [0, 0.1) is 10.8 Å². The first-order chi connectivity index (χ1) is 7.43. The maximum atomic E-state index is 6.63. The van der Waals surface area contributed by atoms with Crippen molar-refractivity contribution in [2.24, 2.45) is 33.8 Å². The first kappa shape index (κ1) is 16.8. The molecule has 4 nitrogen and oxygen atoms in total. The summed E-state index contributed by atoms with van der Waals surface area (Å²) in [5, 5.41) is 0. The van der Waals surface area contributed by atoms with E-state index in [-0.39, 0.29) is 10.8 Å². The van der Waals surface area contributed by atoms with Gasteiger partial charge in [-0.1, -0.05) is 41.5 Å². The van der Waals surface area contributed by atoms with Gasteiger partial charge in [0.25, 0.3) is 0 Å². The molecule has 4 heteroatoms. The summed E-state index contributed by atoms with van der Waals surface area (Å²) in [5.74, 6) is 0. The molecule has 0 fully saturated rings. The summed E-state index contributed by atoms with van der Waals surface area (Å²) in [5.41, 5.74) is 23.4. The minimum absolute atomic E-state index is 0.164. The smallest absolute Gasteiger partial charge is 0.0530 e. The largest absolute Gasteiger partial charge is 0.329 e. The summed E-state index contributed by atoms with van der Waals surface area (Å²) in [6, 6.07) is 0. The molecule has 2 atom stereocenters. The Balaban J connectivity index is 5.80. The predicted octanol–water partition coefficient (Wildman–Crippen LogP) is 0.781. The zero-order valence-electron chi connectivity index (χ0n) is 12.4. The highest BCUT2D eigenvalue weighted by molar-refractivity contribution is 5.19. The molecule has 0 amide bonds. The molecule has 0 saturated heterocycles. The molecule has 104 valence electrons. The first-order valence-electron chi connectivity index (χ1n) is 6.41. The van der Waals surface area contributed by atoms with E-state index in [0.29, 0.717) is 13.1 Å². The third-order valence-corrected chi connectivity index (χ3v) is 4.87. The van der Waals surface area contributed by atoms with Crippen LogP contribution in [0.4, 0.5) is 0 Å². The third-order valence-electron chi connectivity index (χ3n) is 4.87. The second kappa shape index (κ2) is 4.84. The van der Waals surface area contributed by atoms with Gasteiger partial charge in [-0.2, -0.15) is 0 Å². The number of nitrogens with two attached hydrogens (primary N) is 4. The van der Waals surface area contributed by atoms with E-state index in [1.807, 2.05) is 0 Å². The molecule has 0 bridgehead atoms. The zero-order chi connectivity index (χ0) is 14.1. The maximum Gasteiger partial charge on any atom is 0.0530 e. The van der Waals surface area contributed by atoms with Gasteiger partial charge in [-0.3, -0.25) is 0 Å². The highest BCUT2D eigenvalue weighted by Crippen LogP contribution is 2.45. The van der Waals surface area contributed by atoms with Crippen LogP contribution in [-0.2, 0) is 0 Å². The molecule has 0 aliphatic rings. The van der Waals surface area contributed by atoms with E-state index in [0.717, 1.165) is 6.42 Å². The van der Waals surface area contributed by atoms with Gasteiger partial charge in [-0.25, -0.2) is 0 Å². The lowest BCUT2D eigenvalue weighted by atomic mass is 9.53. The summed E-state index contributed by atoms with van der Waals surface area (Å²) in [4.78, 5) is 0. The fraction of sp³-hybridized carbons (Fsp3) is 1.00. The van der Waals surface area contributed by atoms with Gasteiger partial charge in [-0.05, 0) is 17.3 Å². The lowest BCUT2D eigenvalue weighted by Crippen LogP contribution is -2.81. The molecule has 0 rings (SSSR count). The monoisotopic (exact) mass is 244 g/mol. The molecule has 0 radical (unpaired) electrons. The van der Waals surface area contributed by atoms with Crippen LogP contribution in [-0.4, -0.2) is 24.2 Å². The number of hydrogen-bond acceptors (Lipinski definition) is 4. The van der Waals surface area contributed by atoms with Crippen molar-refractivity contribution >= 4 is 0 Å². The molecule has 0 aliphatic carbocycles. The Labute approximate surface area is 106 Å². The zero-order valence-corrected chi connectivity index (χ0v) is 12.4. The Kier molecular flexibility index (Phi) is 4.80. The van der Waals surface area contributed by atoms with Gasteiger partial charge in [0, 0.05) is 13.1 Å². The van der Waals surface area contributed by atoms with E-state index in [4.69, 9.17) is 22.9 Å². The highest BCUT2D eigenvalue weighted by Gasteiger charge is 2.57. The van der Waals surface area contributed by atoms with Crippen molar-refractivity contribution in [3.63, 3.8) is 0 Å². The maximum absolute atomic E-state index is 6.63. The van der Waals surface area contributed by atoms with Crippen LogP contribution in [0.25, 0.3) is 0 Å². The quantitative estimate of drug-likeness (QED) is 0.573. The van der Waals surface area contributed by atoms with Gasteiger partial charge in [-0.15, -0.1) is 0 Å². The Bertz CT molecular complexity index is 257. The van der Waals surface area contributed by atoms with Gasteiger partial charge >= 0.3 is 0 Å². The molecule has 17 heavy (non-hydrogen) atoms. The lowest BCUT2D eigenvalue weighted by molar-refractivity contribution is 0.00922. The average Bonchev–Trinajstić information content (AvgIpc) is 2.24. The molecule has 0 aromatic carbocycles. The first-order valence-corrected chi connectivity index (χ1v) is 6.41. The van der Waals surface area contributed by atoms with E-state index in [1.165, 1.54) is 0 Å². The average molecular weight is 244 g/mol. The fourth-order valence-electron chi connectivity index (χ4n) is 2.54. The van der Waals surface area contributed by atoms with Crippen molar-refractivity contribution in [2.45, 2.75) is 59.0 Å². The van der Waals surface area contributed by atoms with Gasteiger partial charge < -0.3 is 22.9 Å². The Morgan fingerprint density at radius 3 is 1.29 bits per heavy atom. The molecular formula is C13H32N4. The van der Waals surface area contributed by atoms with Crippen LogP contribution in [0.2, 0.25) is 0 Å². The topological polar surface area (TPSA) is 104 Å². The summed E-state index contributed by atoms with van der Waals surface area (Å²) in [6.45, 7) is 13.2. The predicted molar refractivity (Wildman–Crippen MR) is 75.5 cm³/mol. The van der Waals surface area contributed by atoms with E-state index < -0.39 is 11.1 Å². The van der Waals surface area contributed by atoms with Crippen LogP contribution in [0.5, 0.6) is 0 Å². The molecule has 0 heterocycles. The van der Waals surface area contributed by atoms with Crippen molar-refractivity contribution in [1.82, 2.24) is 0 Å². The second-order valence-electron chi connectivity index (χ2n) is 6.84. The standard InChI is InChI=1S/C13H32N4/c1-7-11(5,6)13(17,9-15)12(16,8-14)10(2,3)4/h7-9,14-17H2,1-6H3. The van der Waals surface area contributed by atoms with Crippen molar-refractivity contribution in [3.05, 3.63) is 0 Å². The lowest BCUT2D eigenvalue weighted by Gasteiger charge is -2.59. The van der Waals surface area contributed by atoms with Crippen LogP contribution >= 0.6 is 0 Å². The van der Waals surface area contributed by atoms with Crippen molar-refractivity contribution in [3.8, 4) is 0 Å². The summed E-state index contributed by atoms with van der Waals surface area (Å²) >= 11 is 0. The van der Waals surface area contributed by atoms with Gasteiger partial charge in [0.15, 0.2) is 0 Å². The molecule has 8 N–H and O–H groups in total. The van der Waals surface area contributed by atoms with Crippen molar-refractivity contribution in [2.75, 3.05) is 13.1 Å². The van der Waals surface area contributed by atoms with Crippen LogP contribution in [0.1, 0.15) is 48.0 Å². The number of rotatable bonds is 5. The fourth-order valence-corrected chi connectivity index (χ4v) is 2.54. The van der Waals surface area contributed by atoms with Gasteiger partial charge in [0.1, 0.15) is 0 Å². The Hall–Kier alpha value is -0.160. The summed E-state index contributed by atoms with van der Waals surface area (Å²) in [6.07, 6.45) is 0.912. The SMILES string of the molecule is CCC(C)(C)C(N)(CN)C(N)(CN)C(C)(C)C. The molecule has 0 saturated carbocycles. The van der Waals surface area contributed by atoms with Crippen LogP contribution in [0.15, 0.2) is 0 Å². The van der Waals surface area contributed by atoms with Crippen molar-refractivity contribution < 1.29 is 0 Å². The normalized spacial score (nSPS) is 20.8. The third kappa shape index (κ3) is 2.36. The molecule has 0 aliphatic heterocycles. The van der Waals surface area contributed by atoms with Crippen LogP contribution < -0.4 is 22.9 Å². The summed E-state index contributed by atoms with van der Waals surface area (Å²) in [7, 11) is 0. The minimum Gasteiger partial charge on any atom is -0.329 e. The highest BCUT2D eigenvalue weighted by atomic mass is 15.0. The molecular weight excluding hydrogens is 212 g/mol.